The van der Waals surface area contributed by atoms with Gasteiger partial charge in [0, 0.05) is 38.0 Å². The lowest BCUT2D eigenvalue weighted by Crippen LogP contribution is -2.49. The van der Waals surface area contributed by atoms with Gasteiger partial charge in [0.15, 0.2) is 9.84 Å². The highest BCUT2D eigenvalue weighted by Crippen LogP contribution is 2.27. The Morgan fingerprint density at radius 1 is 1.04 bits per heavy atom. The number of benzene rings is 1. The monoisotopic (exact) mass is 402 g/mol. The Bertz CT molecular complexity index is 1090. The third kappa shape index (κ3) is 3.52. The van der Waals surface area contributed by atoms with E-state index in [0.29, 0.717) is 31.7 Å². The van der Waals surface area contributed by atoms with E-state index in [1.54, 1.807) is 34.7 Å². The Labute approximate surface area is 161 Å². The number of hydrogen-bond donors (Lipinski definition) is 0. The zero-order valence-electron chi connectivity index (χ0n) is 14.7. The van der Waals surface area contributed by atoms with Crippen molar-refractivity contribution in [2.45, 2.75) is 4.90 Å². The summed E-state index contributed by atoms with van der Waals surface area (Å²) in [7, 11) is -3.26. The van der Waals surface area contributed by atoms with E-state index in [1.165, 1.54) is 12.1 Å². The van der Waals surface area contributed by atoms with Crippen LogP contribution >= 0.6 is 11.3 Å². The maximum Gasteiger partial charge on any atom is 0.253 e. The summed E-state index contributed by atoms with van der Waals surface area (Å²) in [6, 6.07) is 8.13. The molecule has 0 spiro atoms. The van der Waals surface area contributed by atoms with Crippen LogP contribution in [0, 0.1) is 0 Å². The molecule has 1 aromatic carbocycles. The van der Waals surface area contributed by atoms with Crippen molar-refractivity contribution in [3.8, 4) is 0 Å². The predicted molar refractivity (Wildman–Crippen MR) is 105 cm³/mol. The van der Waals surface area contributed by atoms with Crippen molar-refractivity contribution in [1.29, 1.82) is 0 Å². The van der Waals surface area contributed by atoms with Gasteiger partial charge in [-0.3, -0.25) is 4.79 Å². The number of thiophene rings is 1. The van der Waals surface area contributed by atoms with Gasteiger partial charge in [-0.05, 0) is 35.7 Å². The van der Waals surface area contributed by atoms with E-state index >= 15 is 0 Å². The molecule has 7 nitrogen and oxygen atoms in total. The summed E-state index contributed by atoms with van der Waals surface area (Å²) in [5.74, 6) is 0.823. The minimum Gasteiger partial charge on any atom is -0.352 e. The van der Waals surface area contributed by atoms with Gasteiger partial charge in [-0.2, -0.15) is 0 Å². The summed E-state index contributed by atoms with van der Waals surface area (Å²) in [5, 5.41) is 3.04. The second-order valence-electron chi connectivity index (χ2n) is 6.41. The van der Waals surface area contributed by atoms with Gasteiger partial charge in [-0.25, -0.2) is 18.4 Å². The number of anilines is 1. The summed E-state index contributed by atoms with van der Waals surface area (Å²) >= 11 is 1.59. The first-order valence-electron chi connectivity index (χ1n) is 8.46. The van der Waals surface area contributed by atoms with Crippen molar-refractivity contribution in [3.63, 3.8) is 0 Å². The molecule has 0 saturated carbocycles. The predicted octanol–water partition coefficient (Wildman–Crippen LogP) is 2.06. The van der Waals surface area contributed by atoms with Crippen molar-refractivity contribution in [2.24, 2.45) is 0 Å². The molecule has 1 aliphatic heterocycles. The first-order valence-corrected chi connectivity index (χ1v) is 11.2. The molecule has 27 heavy (non-hydrogen) atoms. The topological polar surface area (TPSA) is 83.5 Å². The SMILES string of the molecule is CS(=O)(=O)c1ccc(C(=O)N2CCN(c3ncnc4sccc34)CC2)cc1. The standard InChI is InChI=1S/C18H18N4O3S2/c1-27(24,25)14-4-2-13(3-5-14)18(23)22-9-7-21(8-10-22)16-15-6-11-26-17(15)20-12-19-16/h2-6,11-12H,7-10H2,1H3. The highest BCUT2D eigenvalue weighted by Gasteiger charge is 2.24. The van der Waals surface area contributed by atoms with Crippen LogP contribution in [0.2, 0.25) is 0 Å². The number of hydrogen-bond acceptors (Lipinski definition) is 7. The normalized spacial score (nSPS) is 15.3. The third-order valence-corrected chi connectivity index (χ3v) is 6.59. The summed E-state index contributed by atoms with van der Waals surface area (Å²) in [5.41, 5.74) is 0.498. The lowest BCUT2D eigenvalue weighted by atomic mass is 10.2. The second kappa shape index (κ2) is 6.90. The number of amides is 1. The number of carbonyl (C=O) groups excluding carboxylic acids is 1. The first-order chi connectivity index (χ1) is 12.9. The molecule has 1 amide bonds. The quantitative estimate of drug-likeness (QED) is 0.667. The molecule has 9 heteroatoms. The van der Waals surface area contributed by atoms with Crippen LogP contribution in [-0.4, -0.2) is 61.6 Å². The number of piperazine rings is 1. The molecule has 0 radical (unpaired) electrons. The Hall–Kier alpha value is -2.52. The maximum atomic E-state index is 12.7. The van der Waals surface area contributed by atoms with E-state index in [2.05, 4.69) is 14.9 Å². The van der Waals surface area contributed by atoms with Crippen molar-refractivity contribution in [3.05, 3.63) is 47.6 Å². The Balaban J connectivity index is 1.46. The fraction of sp³-hybridized carbons (Fsp3) is 0.278. The van der Waals surface area contributed by atoms with Crippen LogP contribution < -0.4 is 4.90 Å². The molecule has 2 aromatic heterocycles. The lowest BCUT2D eigenvalue weighted by molar-refractivity contribution is 0.0746. The minimum atomic E-state index is -3.26. The van der Waals surface area contributed by atoms with Gasteiger partial charge < -0.3 is 9.80 Å². The van der Waals surface area contributed by atoms with Crippen LogP contribution in [-0.2, 0) is 9.84 Å². The number of aromatic nitrogens is 2. The fourth-order valence-electron chi connectivity index (χ4n) is 3.18. The Morgan fingerprint density at radius 3 is 2.41 bits per heavy atom. The van der Waals surface area contributed by atoms with Gasteiger partial charge in [0.2, 0.25) is 0 Å². The zero-order chi connectivity index (χ0) is 19.0. The van der Waals surface area contributed by atoms with E-state index in [9.17, 15) is 13.2 Å². The molecule has 1 saturated heterocycles. The number of rotatable bonds is 3. The average Bonchev–Trinajstić information content (AvgIpc) is 3.16. The number of carbonyl (C=O) groups is 1. The highest BCUT2D eigenvalue weighted by molar-refractivity contribution is 7.90. The molecular weight excluding hydrogens is 384 g/mol. The lowest BCUT2D eigenvalue weighted by Gasteiger charge is -2.35. The van der Waals surface area contributed by atoms with E-state index in [0.717, 1.165) is 22.3 Å². The Kier molecular flexibility index (Phi) is 4.56. The molecule has 3 aromatic rings. The van der Waals surface area contributed by atoms with Crippen molar-refractivity contribution >= 4 is 43.1 Å². The van der Waals surface area contributed by atoms with Crippen molar-refractivity contribution in [2.75, 3.05) is 37.3 Å². The molecule has 0 aliphatic carbocycles. The van der Waals surface area contributed by atoms with Crippen LogP contribution in [0.5, 0.6) is 0 Å². The zero-order valence-corrected chi connectivity index (χ0v) is 16.3. The molecule has 3 heterocycles. The van der Waals surface area contributed by atoms with Crippen molar-refractivity contribution < 1.29 is 13.2 Å². The van der Waals surface area contributed by atoms with Crippen LogP contribution in [0.15, 0.2) is 46.9 Å². The van der Waals surface area contributed by atoms with Gasteiger partial charge in [0.1, 0.15) is 17.0 Å². The molecule has 4 rings (SSSR count). The average molecular weight is 403 g/mol. The second-order valence-corrected chi connectivity index (χ2v) is 9.32. The van der Waals surface area contributed by atoms with E-state index in [4.69, 9.17) is 0 Å². The number of nitrogens with zero attached hydrogens (tertiary/aromatic N) is 4. The molecule has 1 fully saturated rings. The highest BCUT2D eigenvalue weighted by atomic mass is 32.2. The van der Waals surface area contributed by atoms with Gasteiger partial charge >= 0.3 is 0 Å². The van der Waals surface area contributed by atoms with Gasteiger partial charge in [-0.15, -0.1) is 11.3 Å². The number of sulfone groups is 1. The van der Waals surface area contributed by atoms with Gasteiger partial charge in [-0.1, -0.05) is 0 Å². The van der Waals surface area contributed by atoms with Crippen LogP contribution in [0.3, 0.4) is 0 Å². The van der Waals surface area contributed by atoms with Crippen LogP contribution in [0.1, 0.15) is 10.4 Å². The first kappa shape index (κ1) is 17.9. The molecule has 0 unspecified atom stereocenters. The molecule has 1 aliphatic rings. The minimum absolute atomic E-state index is 0.0851. The smallest absolute Gasteiger partial charge is 0.253 e. The fourth-order valence-corrected chi connectivity index (χ4v) is 4.54. The largest absolute Gasteiger partial charge is 0.352 e. The van der Waals surface area contributed by atoms with Crippen molar-refractivity contribution in [1.82, 2.24) is 14.9 Å². The van der Waals surface area contributed by atoms with Gasteiger partial charge in [0.25, 0.3) is 5.91 Å². The molecule has 0 N–H and O–H groups in total. The van der Waals surface area contributed by atoms with E-state index < -0.39 is 9.84 Å². The maximum absolute atomic E-state index is 12.7. The molecule has 140 valence electrons. The van der Waals surface area contributed by atoms with Crippen LogP contribution in [0.4, 0.5) is 5.82 Å². The summed E-state index contributed by atoms with van der Waals surface area (Å²) in [6.07, 6.45) is 2.73. The third-order valence-electron chi connectivity index (χ3n) is 4.64. The van der Waals surface area contributed by atoms with Gasteiger partial charge in [0.05, 0.1) is 10.3 Å². The molecule has 0 bridgehead atoms. The van der Waals surface area contributed by atoms with E-state index in [-0.39, 0.29) is 10.8 Å². The molecule has 0 atom stereocenters. The van der Waals surface area contributed by atoms with Crippen LogP contribution in [0.25, 0.3) is 10.2 Å². The number of fused-ring (bicyclic) bond motifs is 1. The molecular formula is C18H18N4O3S2. The summed E-state index contributed by atoms with van der Waals surface area (Å²) in [4.78, 5) is 26.6. The summed E-state index contributed by atoms with van der Waals surface area (Å²) in [6.45, 7) is 2.55. The Morgan fingerprint density at radius 2 is 1.74 bits per heavy atom. The summed E-state index contributed by atoms with van der Waals surface area (Å²) < 4.78 is 23.1. The van der Waals surface area contributed by atoms with E-state index in [1.807, 2.05) is 11.4 Å².